The van der Waals surface area contributed by atoms with Crippen LogP contribution >= 0.6 is 0 Å². The van der Waals surface area contributed by atoms with Crippen LogP contribution in [0.15, 0.2) is 89.8 Å². The number of rotatable bonds is 7. The number of nitrogens with two attached hydrogens (primary N) is 1. The van der Waals surface area contributed by atoms with Gasteiger partial charge < -0.3 is 16.0 Å². The van der Waals surface area contributed by atoms with Crippen molar-refractivity contribution in [3.63, 3.8) is 0 Å². The predicted octanol–water partition coefficient (Wildman–Crippen LogP) is 3.07. The minimum absolute atomic E-state index is 0.0477. The van der Waals surface area contributed by atoms with Crippen LogP contribution in [0.5, 0.6) is 0 Å². The van der Waals surface area contributed by atoms with Crippen LogP contribution in [0.25, 0.3) is 0 Å². The van der Waals surface area contributed by atoms with Crippen molar-refractivity contribution >= 4 is 27.6 Å². The van der Waals surface area contributed by atoms with Crippen LogP contribution in [0.2, 0.25) is 0 Å². The Morgan fingerprint density at radius 3 is 2.03 bits per heavy atom. The van der Waals surface area contributed by atoms with Crippen LogP contribution in [0.4, 0.5) is 10.5 Å². The molecule has 0 aliphatic heterocycles. The number of nitrogens with one attached hydrogen (secondary N) is 3. The van der Waals surface area contributed by atoms with E-state index in [0.29, 0.717) is 16.8 Å². The zero-order valence-electron chi connectivity index (χ0n) is 17.4. The zero-order chi connectivity index (χ0) is 23.1. The minimum atomic E-state index is -3.86. The van der Waals surface area contributed by atoms with Gasteiger partial charge in [0, 0.05) is 5.69 Å². The number of hydrogen-bond acceptors (Lipinski definition) is 4. The first-order valence-corrected chi connectivity index (χ1v) is 11.4. The van der Waals surface area contributed by atoms with Crippen molar-refractivity contribution in [1.29, 1.82) is 0 Å². The number of urea groups is 1. The van der Waals surface area contributed by atoms with Gasteiger partial charge in [-0.25, -0.2) is 18.4 Å². The lowest BCUT2D eigenvalue weighted by atomic mass is 10.1. The summed E-state index contributed by atoms with van der Waals surface area (Å²) in [4.78, 5) is 25.6. The van der Waals surface area contributed by atoms with Crippen molar-refractivity contribution < 1.29 is 18.0 Å². The summed E-state index contributed by atoms with van der Waals surface area (Å²) in [5.41, 5.74) is 1.77. The molecule has 0 saturated heterocycles. The fourth-order valence-corrected chi connectivity index (χ4v) is 3.66. The molecule has 0 aliphatic rings. The number of carbonyl (C=O) groups is 2. The molecule has 9 heteroatoms. The molecule has 0 heterocycles. The summed E-state index contributed by atoms with van der Waals surface area (Å²) in [6.45, 7) is 1.70. The van der Waals surface area contributed by atoms with Gasteiger partial charge >= 0.3 is 6.03 Å². The van der Waals surface area contributed by atoms with Crippen LogP contribution in [0.3, 0.4) is 0 Å². The Morgan fingerprint density at radius 2 is 1.41 bits per heavy atom. The molecule has 5 N–H and O–H groups in total. The number of benzene rings is 3. The van der Waals surface area contributed by atoms with E-state index in [2.05, 4.69) is 16.0 Å². The molecule has 3 rings (SSSR count). The highest BCUT2D eigenvalue weighted by atomic mass is 32.2. The van der Waals surface area contributed by atoms with Gasteiger partial charge in [-0.3, -0.25) is 4.79 Å². The first kappa shape index (κ1) is 23.0. The van der Waals surface area contributed by atoms with Gasteiger partial charge in [-0.2, -0.15) is 0 Å². The Balaban J connectivity index is 1.74. The van der Waals surface area contributed by atoms with Crippen molar-refractivity contribution in [2.45, 2.75) is 23.9 Å². The second-order valence-electron chi connectivity index (χ2n) is 7.16. The molecule has 0 aromatic heterocycles. The Hall–Kier alpha value is -3.69. The molecule has 32 heavy (non-hydrogen) atoms. The fourth-order valence-electron chi connectivity index (χ4n) is 3.10. The molecule has 2 unspecified atom stereocenters. The Kier molecular flexibility index (Phi) is 7.24. The normalized spacial score (nSPS) is 12.9. The molecule has 8 nitrogen and oxygen atoms in total. The first-order chi connectivity index (χ1) is 15.2. The smallest absolute Gasteiger partial charge is 0.316 e. The quantitative estimate of drug-likeness (QED) is 0.439. The number of carbonyl (C=O) groups excluding carboxylic acids is 2. The molecule has 166 valence electrons. The molecular weight excluding hydrogens is 428 g/mol. The maximum atomic E-state index is 12.9. The lowest BCUT2D eigenvalue weighted by Gasteiger charge is -2.21. The summed E-state index contributed by atoms with van der Waals surface area (Å²) in [6.07, 6.45) is 0. The summed E-state index contributed by atoms with van der Waals surface area (Å²) in [7, 11) is -3.86. The van der Waals surface area contributed by atoms with E-state index >= 15 is 0 Å². The van der Waals surface area contributed by atoms with E-state index in [-0.39, 0.29) is 4.90 Å². The predicted molar refractivity (Wildman–Crippen MR) is 122 cm³/mol. The molecule has 0 aliphatic carbocycles. The topological polar surface area (TPSA) is 130 Å². The van der Waals surface area contributed by atoms with Crippen molar-refractivity contribution in [3.8, 4) is 0 Å². The first-order valence-electron chi connectivity index (χ1n) is 9.84. The van der Waals surface area contributed by atoms with E-state index in [1.807, 2.05) is 12.1 Å². The van der Waals surface area contributed by atoms with E-state index in [1.165, 1.54) is 12.1 Å². The second-order valence-corrected chi connectivity index (χ2v) is 8.72. The van der Waals surface area contributed by atoms with Crippen LogP contribution in [0, 0.1) is 0 Å². The average Bonchev–Trinajstić information content (AvgIpc) is 2.78. The zero-order valence-corrected chi connectivity index (χ0v) is 18.2. The van der Waals surface area contributed by atoms with E-state index in [1.54, 1.807) is 67.6 Å². The lowest BCUT2D eigenvalue weighted by molar-refractivity contribution is -0.118. The van der Waals surface area contributed by atoms with Gasteiger partial charge in [0.2, 0.25) is 10.0 Å². The number of amides is 3. The summed E-state index contributed by atoms with van der Waals surface area (Å²) in [5, 5.41) is 13.4. The molecule has 0 fully saturated rings. The van der Waals surface area contributed by atoms with Gasteiger partial charge in [-0.05, 0) is 42.3 Å². The monoisotopic (exact) mass is 452 g/mol. The molecule has 0 radical (unpaired) electrons. The maximum Gasteiger partial charge on any atom is 0.316 e. The fraction of sp³-hybridized carbons (Fsp3) is 0.130. The summed E-state index contributed by atoms with van der Waals surface area (Å²) in [5.74, 6) is -0.401. The van der Waals surface area contributed by atoms with Crippen LogP contribution in [-0.2, 0) is 14.8 Å². The van der Waals surface area contributed by atoms with Gasteiger partial charge in [0.15, 0.2) is 0 Å². The molecule has 0 bridgehead atoms. The Labute approximate surface area is 186 Å². The SMILES string of the molecule is CC(NC(=O)NC(C(=O)Nc1ccccc1)c1ccccc1)c1cccc(S(N)(=O)=O)c1. The molecule has 3 aromatic rings. The number of primary sulfonamides is 1. The van der Waals surface area contributed by atoms with E-state index < -0.39 is 34.0 Å². The van der Waals surface area contributed by atoms with Gasteiger partial charge in [0.25, 0.3) is 5.91 Å². The largest absolute Gasteiger partial charge is 0.332 e. The van der Waals surface area contributed by atoms with Crippen molar-refractivity contribution in [3.05, 3.63) is 96.1 Å². The molecular formula is C23H24N4O4S. The highest BCUT2D eigenvalue weighted by molar-refractivity contribution is 7.89. The van der Waals surface area contributed by atoms with Crippen molar-refractivity contribution in [2.75, 3.05) is 5.32 Å². The Morgan fingerprint density at radius 1 is 0.812 bits per heavy atom. The second kappa shape index (κ2) is 10.1. The molecule has 3 amide bonds. The number of hydrogen-bond donors (Lipinski definition) is 4. The van der Waals surface area contributed by atoms with Gasteiger partial charge in [0.1, 0.15) is 6.04 Å². The van der Waals surface area contributed by atoms with Gasteiger partial charge in [0.05, 0.1) is 10.9 Å². The number of sulfonamides is 1. The van der Waals surface area contributed by atoms with Crippen LogP contribution in [-0.4, -0.2) is 20.4 Å². The third kappa shape index (κ3) is 6.16. The van der Waals surface area contributed by atoms with Gasteiger partial charge in [-0.15, -0.1) is 0 Å². The molecule has 0 saturated carbocycles. The highest BCUT2D eigenvalue weighted by Crippen LogP contribution is 2.19. The van der Waals surface area contributed by atoms with Crippen molar-refractivity contribution in [2.24, 2.45) is 5.14 Å². The third-order valence-corrected chi connectivity index (χ3v) is 5.66. The van der Waals surface area contributed by atoms with Crippen molar-refractivity contribution in [1.82, 2.24) is 10.6 Å². The summed E-state index contributed by atoms with van der Waals surface area (Å²) >= 11 is 0. The highest BCUT2D eigenvalue weighted by Gasteiger charge is 2.24. The average molecular weight is 453 g/mol. The Bertz CT molecular complexity index is 1180. The van der Waals surface area contributed by atoms with E-state index in [9.17, 15) is 18.0 Å². The number of anilines is 1. The van der Waals surface area contributed by atoms with Crippen LogP contribution in [0.1, 0.15) is 30.1 Å². The third-order valence-electron chi connectivity index (χ3n) is 4.75. The minimum Gasteiger partial charge on any atom is -0.332 e. The van der Waals surface area contributed by atoms with E-state index in [4.69, 9.17) is 5.14 Å². The number of para-hydroxylation sites is 1. The summed E-state index contributed by atoms with van der Waals surface area (Å²) in [6, 6.07) is 21.7. The van der Waals surface area contributed by atoms with E-state index in [0.717, 1.165) is 0 Å². The summed E-state index contributed by atoms with van der Waals surface area (Å²) < 4.78 is 23.2. The maximum absolute atomic E-state index is 12.9. The van der Waals surface area contributed by atoms with Gasteiger partial charge in [-0.1, -0.05) is 60.7 Å². The molecule has 2 atom stereocenters. The molecule has 0 spiro atoms. The van der Waals surface area contributed by atoms with Crippen LogP contribution < -0.4 is 21.1 Å². The standard InChI is InChI=1S/C23H24N4O4S/c1-16(18-11-8-14-20(15-18)32(24,30)31)25-23(29)27-21(17-9-4-2-5-10-17)22(28)26-19-12-6-3-7-13-19/h2-16,21H,1H3,(H,26,28)(H2,24,30,31)(H2,25,27,29). The molecule has 3 aromatic carbocycles. The lowest BCUT2D eigenvalue weighted by Crippen LogP contribution is -2.43.